The maximum absolute atomic E-state index is 4.74. The number of hydrogen-bond acceptors (Lipinski definition) is 2. The zero-order chi connectivity index (χ0) is 9.59. The highest BCUT2D eigenvalue weighted by atomic mass is 15.0. The van der Waals surface area contributed by atoms with Crippen molar-refractivity contribution in [1.29, 1.82) is 0 Å². The number of fused-ring (bicyclic) bond motifs is 1. The van der Waals surface area contributed by atoms with E-state index in [-0.39, 0.29) is 0 Å². The molecule has 2 aliphatic rings. The first kappa shape index (κ1) is 8.92. The Morgan fingerprint density at radius 2 is 1.31 bits per heavy atom. The lowest BCUT2D eigenvalue weighted by molar-refractivity contribution is 0.484. The van der Waals surface area contributed by atoms with Gasteiger partial charge in [-0.2, -0.15) is 0 Å². The van der Waals surface area contributed by atoms with Gasteiger partial charge in [-0.3, -0.25) is 9.98 Å². The van der Waals surface area contributed by atoms with Gasteiger partial charge in [-0.15, -0.1) is 0 Å². The van der Waals surface area contributed by atoms with E-state index in [1.807, 2.05) is 0 Å². The van der Waals surface area contributed by atoms with Crippen LogP contribution in [0.4, 0.5) is 0 Å². The van der Waals surface area contributed by atoms with Gasteiger partial charge >= 0.3 is 0 Å². The summed E-state index contributed by atoms with van der Waals surface area (Å²) < 4.78 is 0. The van der Waals surface area contributed by atoms with E-state index < -0.39 is 0 Å². The number of nitrogens with zero attached hydrogens (tertiary/aromatic N) is 2. The van der Waals surface area contributed by atoms with Gasteiger partial charge < -0.3 is 0 Å². The van der Waals surface area contributed by atoms with Gasteiger partial charge in [0.05, 0.1) is 23.5 Å². The van der Waals surface area contributed by atoms with E-state index in [0.717, 1.165) is 11.4 Å². The second kappa shape index (κ2) is 2.93. The van der Waals surface area contributed by atoms with E-state index in [1.54, 1.807) is 0 Å². The lowest BCUT2D eigenvalue weighted by Crippen LogP contribution is -2.31. The zero-order valence-electron chi connectivity index (χ0n) is 8.91. The Morgan fingerprint density at radius 3 is 1.69 bits per heavy atom. The van der Waals surface area contributed by atoms with Gasteiger partial charge in [-0.05, 0) is 32.1 Å². The topological polar surface area (TPSA) is 24.7 Å². The Balaban J connectivity index is 2.31. The third kappa shape index (κ3) is 1.32. The molecule has 0 saturated heterocycles. The van der Waals surface area contributed by atoms with Crippen LogP contribution in [0.1, 0.15) is 34.1 Å². The van der Waals surface area contributed by atoms with E-state index in [4.69, 9.17) is 9.98 Å². The highest BCUT2D eigenvalue weighted by Gasteiger charge is 2.40. The molecule has 1 aliphatic heterocycles. The van der Waals surface area contributed by atoms with Gasteiger partial charge in [0.1, 0.15) is 0 Å². The molecule has 4 atom stereocenters. The van der Waals surface area contributed by atoms with E-state index in [1.165, 1.54) is 6.42 Å². The van der Waals surface area contributed by atoms with Crippen LogP contribution >= 0.6 is 0 Å². The Hall–Kier alpha value is -0.660. The quantitative estimate of drug-likeness (QED) is 0.544. The maximum Gasteiger partial charge on any atom is 0.0755 e. The predicted molar refractivity (Wildman–Crippen MR) is 56.7 cm³/mol. The molecule has 0 aromatic rings. The summed E-state index contributed by atoms with van der Waals surface area (Å²) >= 11 is 0. The fourth-order valence-electron chi connectivity index (χ4n) is 2.58. The molecule has 0 radical (unpaired) electrons. The third-order valence-electron chi connectivity index (χ3n) is 3.47. The first-order valence-electron chi connectivity index (χ1n) is 5.18. The summed E-state index contributed by atoms with van der Waals surface area (Å²) in [6.07, 6.45) is 1.28. The predicted octanol–water partition coefficient (Wildman–Crippen LogP) is 2.33. The van der Waals surface area contributed by atoms with E-state index in [0.29, 0.717) is 23.9 Å². The van der Waals surface area contributed by atoms with Crippen molar-refractivity contribution in [1.82, 2.24) is 0 Å². The molecule has 13 heavy (non-hydrogen) atoms. The van der Waals surface area contributed by atoms with Crippen LogP contribution in [0.15, 0.2) is 9.98 Å². The molecular weight excluding hydrogens is 160 g/mol. The Bertz CT molecular complexity index is 250. The van der Waals surface area contributed by atoms with Crippen LogP contribution in [-0.2, 0) is 0 Å². The average Bonchev–Trinajstić information content (AvgIpc) is 2.31. The van der Waals surface area contributed by atoms with Crippen LogP contribution in [0.5, 0.6) is 0 Å². The van der Waals surface area contributed by atoms with Gasteiger partial charge in [-0.25, -0.2) is 0 Å². The van der Waals surface area contributed by atoms with Crippen molar-refractivity contribution < 1.29 is 0 Å². The molecule has 1 aliphatic carbocycles. The summed E-state index contributed by atoms with van der Waals surface area (Å²) in [5.41, 5.74) is 2.28. The average molecular weight is 178 g/mol. The van der Waals surface area contributed by atoms with Gasteiger partial charge in [-0.1, -0.05) is 13.8 Å². The van der Waals surface area contributed by atoms with Crippen LogP contribution in [0, 0.1) is 11.8 Å². The smallest absolute Gasteiger partial charge is 0.0755 e. The zero-order valence-corrected chi connectivity index (χ0v) is 8.91. The van der Waals surface area contributed by atoms with Gasteiger partial charge in [0, 0.05) is 0 Å². The third-order valence-corrected chi connectivity index (χ3v) is 3.47. The monoisotopic (exact) mass is 178 g/mol. The van der Waals surface area contributed by atoms with Crippen LogP contribution in [0.2, 0.25) is 0 Å². The van der Waals surface area contributed by atoms with Gasteiger partial charge in [0.15, 0.2) is 0 Å². The first-order valence-corrected chi connectivity index (χ1v) is 5.18. The van der Waals surface area contributed by atoms with Crippen molar-refractivity contribution in [2.24, 2.45) is 21.8 Å². The number of aliphatic imine (C=N–C) groups is 2. The van der Waals surface area contributed by atoms with Crippen LogP contribution in [0.3, 0.4) is 0 Å². The molecule has 0 bridgehead atoms. The van der Waals surface area contributed by atoms with E-state index >= 15 is 0 Å². The molecule has 72 valence electrons. The highest BCUT2D eigenvalue weighted by molar-refractivity contribution is 6.41. The van der Waals surface area contributed by atoms with Crippen molar-refractivity contribution in [2.45, 2.75) is 46.2 Å². The van der Waals surface area contributed by atoms with Crippen molar-refractivity contribution in [2.75, 3.05) is 0 Å². The molecule has 2 heteroatoms. The summed E-state index contributed by atoms with van der Waals surface area (Å²) in [6, 6.07) is 0.942. The van der Waals surface area contributed by atoms with Crippen molar-refractivity contribution in [3.8, 4) is 0 Å². The second-order valence-electron chi connectivity index (χ2n) is 4.60. The number of hydrogen-bond donors (Lipinski definition) is 0. The SMILES string of the molecule is CC1=N[C@H]2[C@H](N=C1C)[C@@H](C)C[C@H]2C. The first-order chi connectivity index (χ1) is 6.09. The summed E-state index contributed by atoms with van der Waals surface area (Å²) in [6.45, 7) is 8.75. The van der Waals surface area contributed by atoms with Gasteiger partial charge in [0.2, 0.25) is 0 Å². The lowest BCUT2D eigenvalue weighted by atomic mass is 10.0. The second-order valence-corrected chi connectivity index (χ2v) is 4.60. The minimum absolute atomic E-state index is 0.471. The summed E-state index contributed by atoms with van der Waals surface area (Å²) in [4.78, 5) is 9.49. The molecule has 0 spiro atoms. The van der Waals surface area contributed by atoms with Crippen LogP contribution in [0.25, 0.3) is 0 Å². The molecule has 0 aromatic heterocycles. The van der Waals surface area contributed by atoms with Crippen molar-refractivity contribution in [3.63, 3.8) is 0 Å². The van der Waals surface area contributed by atoms with Crippen LogP contribution < -0.4 is 0 Å². The molecule has 1 saturated carbocycles. The summed E-state index contributed by atoms with van der Waals surface area (Å²) in [5.74, 6) is 1.43. The summed E-state index contributed by atoms with van der Waals surface area (Å²) in [5, 5.41) is 0. The molecular formula is C11H18N2. The molecule has 2 nitrogen and oxygen atoms in total. The molecule has 0 amide bonds. The van der Waals surface area contributed by atoms with Crippen molar-refractivity contribution >= 4 is 11.4 Å². The molecule has 0 N–H and O–H groups in total. The molecule has 1 fully saturated rings. The number of rotatable bonds is 0. The molecule has 0 unspecified atom stereocenters. The Labute approximate surface area is 80.2 Å². The van der Waals surface area contributed by atoms with E-state index in [9.17, 15) is 0 Å². The van der Waals surface area contributed by atoms with Gasteiger partial charge in [0.25, 0.3) is 0 Å². The summed E-state index contributed by atoms with van der Waals surface area (Å²) in [7, 11) is 0. The molecule has 0 aromatic carbocycles. The molecule has 1 heterocycles. The Kier molecular flexibility index (Phi) is 2.01. The minimum Gasteiger partial charge on any atom is -0.282 e. The Morgan fingerprint density at radius 1 is 0.923 bits per heavy atom. The normalized spacial score (nSPS) is 44.0. The fraction of sp³-hybridized carbons (Fsp3) is 0.818. The highest BCUT2D eigenvalue weighted by Crippen LogP contribution is 2.37. The minimum atomic E-state index is 0.471. The van der Waals surface area contributed by atoms with Crippen molar-refractivity contribution in [3.05, 3.63) is 0 Å². The van der Waals surface area contributed by atoms with Crippen LogP contribution in [-0.4, -0.2) is 23.5 Å². The lowest BCUT2D eigenvalue weighted by Gasteiger charge is -2.23. The maximum atomic E-state index is 4.74. The largest absolute Gasteiger partial charge is 0.282 e. The molecule has 2 rings (SSSR count). The fourth-order valence-corrected chi connectivity index (χ4v) is 2.58. The standard InChI is InChI=1S/C11H18N2/c1-6-5-7(2)11-10(6)12-8(3)9(4)13-11/h6-7,10-11H,5H2,1-4H3/t6-,7+,10-,11-/m1/s1. The van der Waals surface area contributed by atoms with E-state index in [2.05, 4.69) is 27.7 Å².